The summed E-state index contributed by atoms with van der Waals surface area (Å²) < 4.78 is 5.48. The Balaban J connectivity index is 2.40. The summed E-state index contributed by atoms with van der Waals surface area (Å²) in [7, 11) is 0. The molecule has 0 heterocycles. The number of aliphatic hydroxyl groups is 1. The first kappa shape index (κ1) is 21.6. The molecule has 2 rings (SSSR count). The van der Waals surface area contributed by atoms with E-state index in [2.05, 4.69) is 10.5 Å². The molecule has 1 aliphatic carbocycles. The molecule has 1 aliphatic rings. The fraction of sp³-hybridized carbons (Fsp3) is 0.524. The van der Waals surface area contributed by atoms with Gasteiger partial charge in [0.25, 0.3) is 5.91 Å². The van der Waals surface area contributed by atoms with Crippen molar-refractivity contribution in [2.24, 2.45) is 16.9 Å². The van der Waals surface area contributed by atoms with E-state index in [1.807, 2.05) is 44.2 Å². The lowest BCUT2D eigenvalue weighted by Gasteiger charge is -2.39. The maximum Gasteiger partial charge on any atom is 0.315 e. The average molecular weight is 385 g/mol. The molecule has 1 saturated carbocycles. The molecule has 7 nitrogen and oxygen atoms in total. The van der Waals surface area contributed by atoms with Gasteiger partial charge < -0.3 is 9.84 Å². The van der Waals surface area contributed by atoms with Gasteiger partial charge in [0.15, 0.2) is 0 Å². The van der Waals surface area contributed by atoms with E-state index in [-0.39, 0.29) is 31.3 Å². The van der Waals surface area contributed by atoms with Crippen LogP contribution in [0.3, 0.4) is 0 Å². The van der Waals surface area contributed by atoms with E-state index in [9.17, 15) is 14.7 Å². The molecule has 1 fully saturated rings. The van der Waals surface area contributed by atoms with Gasteiger partial charge in [-0.3, -0.25) is 9.59 Å². The number of hydrogen-bond acceptors (Lipinski definition) is 6. The number of nitriles is 1. The zero-order valence-corrected chi connectivity index (χ0v) is 16.5. The first-order valence-corrected chi connectivity index (χ1v) is 9.39. The van der Waals surface area contributed by atoms with Crippen LogP contribution in [0.15, 0.2) is 35.4 Å². The van der Waals surface area contributed by atoms with Crippen molar-refractivity contribution in [1.29, 1.82) is 5.26 Å². The highest BCUT2D eigenvalue weighted by atomic mass is 16.5. The lowest BCUT2D eigenvalue weighted by molar-refractivity contribution is -0.149. The molecule has 0 saturated heterocycles. The average Bonchev–Trinajstić information content (AvgIpc) is 2.64. The van der Waals surface area contributed by atoms with Crippen molar-refractivity contribution in [2.45, 2.75) is 51.6 Å². The number of nitrogens with zero attached hydrogens (tertiary/aromatic N) is 2. The van der Waals surface area contributed by atoms with Gasteiger partial charge in [0.2, 0.25) is 0 Å². The fourth-order valence-corrected chi connectivity index (χ4v) is 3.40. The number of nitrogens with one attached hydrogen (secondary N) is 1. The van der Waals surface area contributed by atoms with E-state index < -0.39 is 23.4 Å². The number of amides is 1. The van der Waals surface area contributed by atoms with Crippen molar-refractivity contribution in [3.8, 4) is 6.07 Å². The molecule has 3 atom stereocenters. The molecule has 1 aromatic carbocycles. The smallest absolute Gasteiger partial charge is 0.315 e. The first-order valence-electron chi connectivity index (χ1n) is 9.39. The molecule has 28 heavy (non-hydrogen) atoms. The molecular formula is C21H27N3O4. The number of carbonyl (C=O) groups is 2. The molecular weight excluding hydrogens is 358 g/mol. The van der Waals surface area contributed by atoms with Crippen LogP contribution in [0.1, 0.15) is 51.5 Å². The molecule has 0 aromatic heterocycles. The van der Waals surface area contributed by atoms with Crippen molar-refractivity contribution < 1.29 is 19.4 Å². The standard InChI is InChI=1S/C21H27N3O4/c1-14(2)13-28-20(26)19-16(15-7-5-4-6-8-15)11-21(3,27)12-17(19)23-24-18(25)9-10-22/h4-8,14,16,19,27H,9,11-13H2,1-3H3,(H,24,25)/b23-17+. The fourth-order valence-electron chi connectivity index (χ4n) is 3.40. The van der Waals surface area contributed by atoms with Gasteiger partial charge in [-0.15, -0.1) is 0 Å². The van der Waals surface area contributed by atoms with Crippen molar-refractivity contribution in [3.05, 3.63) is 35.9 Å². The molecule has 0 spiro atoms. The Labute approximate surface area is 165 Å². The van der Waals surface area contributed by atoms with Gasteiger partial charge in [-0.1, -0.05) is 44.2 Å². The predicted molar refractivity (Wildman–Crippen MR) is 104 cm³/mol. The molecule has 3 unspecified atom stereocenters. The van der Waals surface area contributed by atoms with E-state index in [1.54, 1.807) is 13.0 Å². The summed E-state index contributed by atoms with van der Waals surface area (Å²) in [6, 6.07) is 11.2. The molecule has 0 aliphatic heterocycles. The number of carbonyl (C=O) groups excluding carboxylic acids is 2. The molecule has 150 valence electrons. The number of benzene rings is 1. The number of hydrazone groups is 1. The van der Waals surface area contributed by atoms with Crippen LogP contribution in [0.2, 0.25) is 0 Å². The molecule has 7 heteroatoms. The van der Waals surface area contributed by atoms with Crippen molar-refractivity contribution in [3.63, 3.8) is 0 Å². The lowest BCUT2D eigenvalue weighted by atomic mass is 9.68. The predicted octanol–water partition coefficient (Wildman–Crippen LogP) is 2.52. The SMILES string of the molecule is CC(C)COC(=O)C1/C(=N/NC(=O)CC#N)CC(C)(O)CC1c1ccccc1. The number of esters is 1. The minimum atomic E-state index is -1.09. The third kappa shape index (κ3) is 5.89. The largest absolute Gasteiger partial charge is 0.465 e. The van der Waals surface area contributed by atoms with E-state index in [0.29, 0.717) is 12.1 Å². The summed E-state index contributed by atoms with van der Waals surface area (Å²) >= 11 is 0. The number of rotatable bonds is 6. The van der Waals surface area contributed by atoms with E-state index in [4.69, 9.17) is 10.00 Å². The normalized spacial score (nSPS) is 25.9. The van der Waals surface area contributed by atoms with Crippen LogP contribution in [-0.4, -0.2) is 34.9 Å². The van der Waals surface area contributed by atoms with E-state index >= 15 is 0 Å². The topological polar surface area (TPSA) is 112 Å². The highest BCUT2D eigenvalue weighted by molar-refractivity contribution is 6.04. The maximum atomic E-state index is 12.9. The highest BCUT2D eigenvalue weighted by Gasteiger charge is 2.45. The van der Waals surface area contributed by atoms with E-state index in [0.717, 1.165) is 5.56 Å². The zero-order valence-electron chi connectivity index (χ0n) is 16.5. The second-order valence-corrected chi connectivity index (χ2v) is 7.87. The Morgan fingerprint density at radius 1 is 1.39 bits per heavy atom. The Kier molecular flexibility index (Phi) is 7.30. The van der Waals surface area contributed by atoms with Gasteiger partial charge in [-0.05, 0) is 24.8 Å². The summed E-state index contributed by atoms with van der Waals surface area (Å²) in [6.45, 7) is 5.86. The Hall–Kier alpha value is -2.72. The maximum absolute atomic E-state index is 12.9. The van der Waals surface area contributed by atoms with Crippen molar-refractivity contribution in [2.75, 3.05) is 6.61 Å². The van der Waals surface area contributed by atoms with Crippen LogP contribution in [0.4, 0.5) is 0 Å². The van der Waals surface area contributed by atoms with Gasteiger partial charge >= 0.3 is 5.97 Å². The van der Waals surface area contributed by atoms with Crippen LogP contribution >= 0.6 is 0 Å². The second kappa shape index (κ2) is 9.47. The second-order valence-electron chi connectivity index (χ2n) is 7.87. The zero-order chi connectivity index (χ0) is 20.7. The van der Waals surface area contributed by atoms with Crippen molar-refractivity contribution >= 4 is 17.6 Å². The Bertz CT molecular complexity index is 766. The molecule has 2 N–H and O–H groups in total. The lowest BCUT2D eigenvalue weighted by Crippen LogP contribution is -2.46. The number of ether oxygens (including phenoxy) is 1. The molecule has 0 bridgehead atoms. The number of hydrogen-bond donors (Lipinski definition) is 2. The van der Waals surface area contributed by atoms with Gasteiger partial charge in [0, 0.05) is 12.3 Å². The summed E-state index contributed by atoms with van der Waals surface area (Å²) in [4.78, 5) is 24.6. The summed E-state index contributed by atoms with van der Waals surface area (Å²) in [6.07, 6.45) is 0.159. The first-order chi connectivity index (χ1) is 13.2. The molecule has 1 amide bonds. The van der Waals surface area contributed by atoms with Crippen molar-refractivity contribution in [1.82, 2.24) is 5.43 Å². The third-order valence-electron chi connectivity index (χ3n) is 4.59. The monoisotopic (exact) mass is 385 g/mol. The summed E-state index contributed by atoms with van der Waals surface area (Å²) in [5, 5.41) is 23.5. The minimum absolute atomic E-state index is 0.130. The van der Waals surface area contributed by atoms with Crippen LogP contribution in [0.5, 0.6) is 0 Å². The van der Waals surface area contributed by atoms with Crippen LogP contribution in [-0.2, 0) is 14.3 Å². The summed E-state index contributed by atoms with van der Waals surface area (Å²) in [5.41, 5.74) is 2.48. The highest BCUT2D eigenvalue weighted by Crippen LogP contribution is 2.41. The van der Waals surface area contributed by atoms with Gasteiger partial charge in [0.05, 0.1) is 24.0 Å². The Morgan fingerprint density at radius 2 is 2.07 bits per heavy atom. The molecule has 1 aromatic rings. The minimum Gasteiger partial charge on any atom is -0.465 e. The summed E-state index contributed by atoms with van der Waals surface area (Å²) in [5.74, 6) is -1.86. The van der Waals surface area contributed by atoms with Crippen LogP contribution < -0.4 is 5.43 Å². The van der Waals surface area contributed by atoms with E-state index in [1.165, 1.54) is 0 Å². The van der Waals surface area contributed by atoms with Gasteiger partial charge in [-0.2, -0.15) is 10.4 Å². The molecule has 0 radical (unpaired) electrons. The Morgan fingerprint density at radius 3 is 2.68 bits per heavy atom. The van der Waals surface area contributed by atoms with Crippen LogP contribution in [0, 0.1) is 23.2 Å². The van der Waals surface area contributed by atoms with Crippen LogP contribution in [0.25, 0.3) is 0 Å². The quantitative estimate of drug-likeness (QED) is 0.577. The third-order valence-corrected chi connectivity index (χ3v) is 4.59. The van der Waals surface area contributed by atoms with Gasteiger partial charge in [-0.25, -0.2) is 5.43 Å². The van der Waals surface area contributed by atoms with Gasteiger partial charge in [0.1, 0.15) is 12.3 Å².